The van der Waals surface area contributed by atoms with E-state index in [-0.39, 0.29) is 0 Å². The summed E-state index contributed by atoms with van der Waals surface area (Å²) in [5.41, 5.74) is 2.33. The third-order valence-electron chi connectivity index (χ3n) is 2.58. The van der Waals surface area contributed by atoms with Crippen molar-refractivity contribution in [3.63, 3.8) is 0 Å². The second kappa shape index (κ2) is 5.07. The molecule has 0 aliphatic rings. The van der Waals surface area contributed by atoms with Crippen molar-refractivity contribution in [3.05, 3.63) is 51.6 Å². The largest absolute Gasteiger partial charge is 0.328 e. The number of hydrogen-bond acceptors (Lipinski definition) is 2. The summed E-state index contributed by atoms with van der Waals surface area (Å²) in [6.45, 7) is 2.08. The van der Waals surface area contributed by atoms with E-state index in [2.05, 4.69) is 40.0 Å². The van der Waals surface area contributed by atoms with E-state index in [0.29, 0.717) is 5.02 Å². The smallest absolute Gasteiger partial charge is 0.147 e. The Labute approximate surface area is 114 Å². The van der Waals surface area contributed by atoms with Crippen LogP contribution in [-0.4, -0.2) is 12.0 Å². The van der Waals surface area contributed by atoms with Crippen molar-refractivity contribution in [2.24, 2.45) is 0 Å². The van der Waals surface area contributed by atoms with Gasteiger partial charge in [0.05, 0.1) is 9.50 Å². The zero-order valence-corrected chi connectivity index (χ0v) is 12.0. The normalized spacial score (nSPS) is 10.4. The van der Waals surface area contributed by atoms with E-state index in [1.807, 2.05) is 30.1 Å². The molecule has 0 radical (unpaired) electrons. The van der Waals surface area contributed by atoms with Crippen LogP contribution < -0.4 is 4.90 Å². The maximum Gasteiger partial charge on any atom is 0.147 e. The Bertz CT molecular complexity index is 543. The van der Waals surface area contributed by atoms with Crippen molar-refractivity contribution in [1.82, 2.24) is 4.98 Å². The zero-order valence-electron chi connectivity index (χ0n) is 9.61. The number of halogens is 2. The van der Waals surface area contributed by atoms with Crippen LogP contribution in [0.3, 0.4) is 0 Å². The number of pyridine rings is 1. The van der Waals surface area contributed by atoms with Crippen LogP contribution in [0.2, 0.25) is 5.02 Å². The fourth-order valence-electron chi connectivity index (χ4n) is 1.71. The van der Waals surface area contributed by atoms with Gasteiger partial charge in [0.1, 0.15) is 5.82 Å². The first-order chi connectivity index (χ1) is 8.09. The van der Waals surface area contributed by atoms with Crippen molar-refractivity contribution < 1.29 is 0 Å². The molecule has 88 valence electrons. The average molecular weight is 312 g/mol. The quantitative estimate of drug-likeness (QED) is 0.807. The van der Waals surface area contributed by atoms with E-state index in [4.69, 9.17) is 11.6 Å². The first kappa shape index (κ1) is 12.4. The fourth-order valence-corrected chi connectivity index (χ4v) is 2.61. The molecule has 0 saturated carbocycles. The van der Waals surface area contributed by atoms with Gasteiger partial charge in [-0.25, -0.2) is 4.98 Å². The minimum atomic E-state index is 0.624. The molecule has 0 spiro atoms. The van der Waals surface area contributed by atoms with Gasteiger partial charge in [-0.05, 0) is 40.5 Å². The first-order valence-electron chi connectivity index (χ1n) is 5.20. The number of nitrogens with zero attached hydrogens (tertiary/aromatic N) is 2. The van der Waals surface area contributed by atoms with Crippen LogP contribution in [0, 0.1) is 6.92 Å². The van der Waals surface area contributed by atoms with Gasteiger partial charge >= 0.3 is 0 Å². The molecule has 1 aromatic carbocycles. The van der Waals surface area contributed by atoms with Crippen LogP contribution >= 0.6 is 27.5 Å². The lowest BCUT2D eigenvalue weighted by Gasteiger charge is -2.21. The van der Waals surface area contributed by atoms with Gasteiger partial charge in [-0.15, -0.1) is 0 Å². The van der Waals surface area contributed by atoms with Gasteiger partial charge in [-0.1, -0.05) is 29.8 Å². The number of para-hydroxylation sites is 1. The van der Waals surface area contributed by atoms with Gasteiger partial charge in [-0.3, -0.25) is 0 Å². The highest BCUT2D eigenvalue weighted by atomic mass is 79.9. The van der Waals surface area contributed by atoms with Crippen LogP contribution in [0.25, 0.3) is 0 Å². The van der Waals surface area contributed by atoms with Crippen molar-refractivity contribution in [2.45, 2.75) is 6.92 Å². The summed E-state index contributed by atoms with van der Waals surface area (Å²) >= 11 is 9.37. The second-order valence-corrected chi connectivity index (χ2v) is 5.10. The standard InChI is InChI=1S/C13H12BrClN2/c1-9-5-3-4-6-12(9)17(2)13-11(14)7-10(15)8-16-13/h3-8H,1-2H3. The predicted octanol–water partition coefficient (Wildman–Crippen LogP) is 4.57. The molecule has 0 fully saturated rings. The highest BCUT2D eigenvalue weighted by molar-refractivity contribution is 9.10. The van der Waals surface area contributed by atoms with E-state index >= 15 is 0 Å². The van der Waals surface area contributed by atoms with E-state index in [1.165, 1.54) is 5.56 Å². The Morgan fingerprint density at radius 2 is 2.00 bits per heavy atom. The molecule has 0 amide bonds. The van der Waals surface area contributed by atoms with Crippen LogP contribution in [0.15, 0.2) is 41.0 Å². The van der Waals surface area contributed by atoms with E-state index in [0.717, 1.165) is 16.0 Å². The number of aryl methyl sites for hydroxylation is 1. The van der Waals surface area contributed by atoms with Gasteiger partial charge in [0.25, 0.3) is 0 Å². The van der Waals surface area contributed by atoms with Gasteiger partial charge in [0.15, 0.2) is 0 Å². The third kappa shape index (κ3) is 2.61. The fraction of sp³-hybridized carbons (Fsp3) is 0.154. The van der Waals surface area contributed by atoms with Crippen molar-refractivity contribution >= 4 is 39.0 Å². The number of hydrogen-bond donors (Lipinski definition) is 0. The summed E-state index contributed by atoms with van der Waals surface area (Å²) in [6, 6.07) is 10.0. The Morgan fingerprint density at radius 3 is 2.65 bits per heavy atom. The van der Waals surface area contributed by atoms with E-state index in [9.17, 15) is 0 Å². The Hall–Kier alpha value is -1.06. The lowest BCUT2D eigenvalue weighted by Crippen LogP contribution is -2.12. The number of aromatic nitrogens is 1. The number of benzene rings is 1. The van der Waals surface area contributed by atoms with Gasteiger partial charge < -0.3 is 4.90 Å². The monoisotopic (exact) mass is 310 g/mol. The molecule has 0 aliphatic heterocycles. The molecule has 2 nitrogen and oxygen atoms in total. The van der Waals surface area contributed by atoms with Crippen molar-refractivity contribution in [1.29, 1.82) is 0 Å². The molecular formula is C13H12BrClN2. The molecule has 0 saturated heterocycles. The Kier molecular flexibility index (Phi) is 3.69. The number of anilines is 2. The molecule has 1 aromatic heterocycles. The summed E-state index contributed by atoms with van der Waals surface area (Å²) in [5, 5.41) is 0.624. The highest BCUT2D eigenvalue weighted by Crippen LogP contribution is 2.31. The molecule has 0 N–H and O–H groups in total. The highest BCUT2D eigenvalue weighted by Gasteiger charge is 2.11. The van der Waals surface area contributed by atoms with E-state index < -0.39 is 0 Å². The maximum absolute atomic E-state index is 5.89. The predicted molar refractivity (Wildman–Crippen MR) is 76.2 cm³/mol. The lowest BCUT2D eigenvalue weighted by molar-refractivity contribution is 1.10. The minimum absolute atomic E-state index is 0.624. The molecular weight excluding hydrogens is 300 g/mol. The molecule has 17 heavy (non-hydrogen) atoms. The molecule has 0 aliphatic carbocycles. The van der Waals surface area contributed by atoms with Crippen molar-refractivity contribution in [3.8, 4) is 0 Å². The number of rotatable bonds is 2. The molecule has 0 unspecified atom stereocenters. The lowest BCUT2D eigenvalue weighted by atomic mass is 10.2. The van der Waals surface area contributed by atoms with E-state index in [1.54, 1.807) is 6.20 Å². The van der Waals surface area contributed by atoms with Gasteiger partial charge in [-0.2, -0.15) is 0 Å². The van der Waals surface area contributed by atoms with Crippen LogP contribution in [0.5, 0.6) is 0 Å². The minimum Gasteiger partial charge on any atom is -0.328 e. The summed E-state index contributed by atoms with van der Waals surface area (Å²) in [6.07, 6.45) is 1.65. The molecule has 0 bridgehead atoms. The Morgan fingerprint density at radius 1 is 1.29 bits per heavy atom. The Balaban J connectivity index is 2.44. The zero-order chi connectivity index (χ0) is 12.4. The maximum atomic E-state index is 5.89. The van der Waals surface area contributed by atoms with Gasteiger partial charge in [0.2, 0.25) is 0 Å². The molecule has 0 atom stereocenters. The SMILES string of the molecule is Cc1ccccc1N(C)c1ncc(Cl)cc1Br. The summed E-state index contributed by atoms with van der Waals surface area (Å²) in [5.74, 6) is 0.851. The second-order valence-electron chi connectivity index (χ2n) is 3.80. The summed E-state index contributed by atoms with van der Waals surface area (Å²) < 4.78 is 0.885. The average Bonchev–Trinajstić information content (AvgIpc) is 2.29. The molecule has 2 aromatic rings. The summed E-state index contributed by atoms with van der Waals surface area (Å²) in [7, 11) is 1.99. The molecule has 4 heteroatoms. The van der Waals surface area contributed by atoms with Crippen LogP contribution in [0.4, 0.5) is 11.5 Å². The first-order valence-corrected chi connectivity index (χ1v) is 6.37. The third-order valence-corrected chi connectivity index (χ3v) is 3.37. The van der Waals surface area contributed by atoms with Crippen LogP contribution in [-0.2, 0) is 0 Å². The van der Waals surface area contributed by atoms with Crippen molar-refractivity contribution in [2.75, 3.05) is 11.9 Å². The summed E-state index contributed by atoms with van der Waals surface area (Å²) in [4.78, 5) is 6.38. The van der Waals surface area contributed by atoms with Crippen LogP contribution in [0.1, 0.15) is 5.56 Å². The molecule has 1 heterocycles. The molecule has 2 rings (SSSR count). The topological polar surface area (TPSA) is 16.1 Å². The van der Waals surface area contributed by atoms with Gasteiger partial charge in [0, 0.05) is 18.9 Å².